The van der Waals surface area contributed by atoms with E-state index in [9.17, 15) is 14.7 Å². The molecule has 152 valence electrons. The minimum atomic E-state index is -0.779. The van der Waals surface area contributed by atoms with Crippen molar-refractivity contribution in [2.24, 2.45) is 0 Å². The molecule has 0 saturated carbocycles. The summed E-state index contributed by atoms with van der Waals surface area (Å²) < 4.78 is 7.41. The SMILES string of the molecule is O=C(CCn1c(=O)[nH]c2ccccc21)N1CC[C@@H](Oc2ccc(Cl)cc2)[C@H](O)C1. The Labute approximate surface area is 172 Å². The first-order chi connectivity index (χ1) is 14.0. The van der Waals surface area contributed by atoms with Crippen LogP contribution in [0.5, 0.6) is 5.75 Å². The van der Waals surface area contributed by atoms with Gasteiger partial charge in [0.15, 0.2) is 0 Å². The van der Waals surface area contributed by atoms with E-state index in [1.807, 2.05) is 24.3 Å². The number of imidazole rings is 1. The second-order valence-corrected chi connectivity index (χ2v) is 7.59. The van der Waals surface area contributed by atoms with Crippen molar-refractivity contribution < 1.29 is 14.6 Å². The summed E-state index contributed by atoms with van der Waals surface area (Å²) in [6.07, 6.45) is -0.435. The van der Waals surface area contributed by atoms with Crippen LogP contribution >= 0.6 is 11.6 Å². The van der Waals surface area contributed by atoms with Gasteiger partial charge in [0.2, 0.25) is 5.91 Å². The third-order valence-corrected chi connectivity index (χ3v) is 5.46. The van der Waals surface area contributed by atoms with E-state index in [2.05, 4.69) is 4.98 Å². The Morgan fingerprint density at radius 3 is 2.72 bits per heavy atom. The van der Waals surface area contributed by atoms with Gasteiger partial charge in [0.05, 0.1) is 17.6 Å². The summed E-state index contributed by atoms with van der Waals surface area (Å²) in [4.78, 5) is 29.2. The minimum absolute atomic E-state index is 0.0915. The van der Waals surface area contributed by atoms with Crippen LogP contribution in [0.1, 0.15) is 12.8 Å². The van der Waals surface area contributed by atoms with E-state index in [4.69, 9.17) is 16.3 Å². The van der Waals surface area contributed by atoms with Crippen LogP contribution in [0, 0.1) is 0 Å². The number of aromatic amines is 1. The highest BCUT2D eigenvalue weighted by atomic mass is 35.5. The number of aryl methyl sites for hydroxylation is 1. The third kappa shape index (κ3) is 4.31. The van der Waals surface area contributed by atoms with E-state index < -0.39 is 6.10 Å². The molecule has 1 aliphatic heterocycles. The van der Waals surface area contributed by atoms with Crippen LogP contribution in [0.4, 0.5) is 0 Å². The summed E-state index contributed by atoms with van der Waals surface area (Å²) >= 11 is 5.87. The van der Waals surface area contributed by atoms with Crippen molar-refractivity contribution >= 4 is 28.5 Å². The topological polar surface area (TPSA) is 87.6 Å². The van der Waals surface area contributed by atoms with Crippen LogP contribution in [-0.4, -0.2) is 50.8 Å². The van der Waals surface area contributed by atoms with Gasteiger partial charge < -0.3 is 19.7 Å². The smallest absolute Gasteiger partial charge is 0.326 e. The molecule has 1 fully saturated rings. The standard InChI is InChI=1S/C21H22ClN3O4/c22-14-5-7-15(8-6-14)29-19-9-11-24(13-18(19)26)20(27)10-12-25-17-4-2-1-3-16(17)23-21(25)28/h1-8,18-19,26H,9-13H2,(H,23,28)/t18-,19-/m1/s1. The number of benzene rings is 2. The zero-order chi connectivity index (χ0) is 20.4. The van der Waals surface area contributed by atoms with Gasteiger partial charge in [0.1, 0.15) is 18.0 Å². The average Bonchev–Trinajstić information content (AvgIpc) is 3.04. The zero-order valence-electron chi connectivity index (χ0n) is 15.8. The second-order valence-electron chi connectivity index (χ2n) is 7.15. The largest absolute Gasteiger partial charge is 0.488 e. The van der Waals surface area contributed by atoms with E-state index in [0.29, 0.717) is 30.3 Å². The number of rotatable bonds is 5. The molecule has 3 aromatic rings. The maximum absolute atomic E-state index is 12.6. The Balaban J connectivity index is 1.34. The van der Waals surface area contributed by atoms with Crippen molar-refractivity contribution in [1.29, 1.82) is 0 Å². The van der Waals surface area contributed by atoms with Gasteiger partial charge in [0, 0.05) is 31.0 Å². The lowest BCUT2D eigenvalue weighted by Crippen LogP contribution is -2.51. The monoisotopic (exact) mass is 415 g/mol. The maximum Gasteiger partial charge on any atom is 0.326 e. The number of para-hydroxylation sites is 2. The number of β-amino-alcohol motifs (C(OH)–C–C–N with tert-alkyl or cyclic N) is 1. The Hall–Kier alpha value is -2.77. The van der Waals surface area contributed by atoms with Crippen molar-refractivity contribution in [2.45, 2.75) is 31.6 Å². The molecule has 4 rings (SSSR count). The van der Waals surface area contributed by atoms with E-state index in [1.165, 1.54) is 0 Å². The number of aliphatic hydroxyl groups is 1. The number of nitrogens with zero attached hydrogens (tertiary/aromatic N) is 2. The maximum atomic E-state index is 12.6. The summed E-state index contributed by atoms with van der Waals surface area (Å²) in [5, 5.41) is 11.1. The molecule has 0 spiro atoms. The number of aromatic nitrogens is 2. The first-order valence-electron chi connectivity index (χ1n) is 9.57. The average molecular weight is 416 g/mol. The number of halogens is 1. The summed E-state index contributed by atoms with van der Waals surface area (Å²) in [5.74, 6) is 0.545. The first kappa shape index (κ1) is 19.5. The molecule has 2 aromatic carbocycles. The highest BCUT2D eigenvalue weighted by Gasteiger charge is 2.31. The van der Waals surface area contributed by atoms with Gasteiger partial charge >= 0.3 is 5.69 Å². The molecule has 1 aromatic heterocycles. The van der Waals surface area contributed by atoms with E-state index >= 15 is 0 Å². The molecular weight excluding hydrogens is 394 g/mol. The predicted molar refractivity (Wildman–Crippen MR) is 110 cm³/mol. The highest BCUT2D eigenvalue weighted by Crippen LogP contribution is 2.22. The Bertz CT molecular complexity index is 1060. The number of likely N-dealkylation sites (tertiary alicyclic amines) is 1. The Morgan fingerprint density at radius 2 is 1.97 bits per heavy atom. The first-order valence-corrected chi connectivity index (χ1v) is 9.94. The molecule has 7 nitrogen and oxygen atoms in total. The number of aliphatic hydroxyl groups excluding tert-OH is 1. The number of amides is 1. The van der Waals surface area contributed by atoms with Crippen LogP contribution in [0.15, 0.2) is 53.3 Å². The predicted octanol–water partition coefficient (Wildman–Crippen LogP) is 2.41. The van der Waals surface area contributed by atoms with Crippen molar-refractivity contribution in [3.8, 4) is 5.75 Å². The Morgan fingerprint density at radius 1 is 1.21 bits per heavy atom. The lowest BCUT2D eigenvalue weighted by atomic mass is 10.0. The summed E-state index contributed by atoms with van der Waals surface area (Å²) in [6, 6.07) is 14.4. The molecule has 1 aliphatic rings. The normalized spacial score (nSPS) is 19.4. The van der Waals surface area contributed by atoms with Gasteiger partial charge in [-0.1, -0.05) is 23.7 Å². The molecule has 29 heavy (non-hydrogen) atoms. The lowest BCUT2D eigenvalue weighted by molar-refractivity contribution is -0.137. The van der Waals surface area contributed by atoms with Crippen LogP contribution in [0.25, 0.3) is 11.0 Å². The van der Waals surface area contributed by atoms with Crippen molar-refractivity contribution in [2.75, 3.05) is 13.1 Å². The van der Waals surface area contributed by atoms with Gasteiger partial charge in [-0.15, -0.1) is 0 Å². The number of piperidine rings is 1. The number of nitrogens with one attached hydrogen (secondary N) is 1. The summed E-state index contributed by atoms with van der Waals surface area (Å²) in [5.41, 5.74) is 1.30. The zero-order valence-corrected chi connectivity index (χ0v) is 16.5. The van der Waals surface area contributed by atoms with Crippen molar-refractivity contribution in [3.05, 3.63) is 64.0 Å². The molecule has 0 bridgehead atoms. The number of hydrogen-bond donors (Lipinski definition) is 2. The van der Waals surface area contributed by atoms with Crippen LogP contribution in [0.2, 0.25) is 5.02 Å². The minimum Gasteiger partial charge on any atom is -0.488 e. The fourth-order valence-electron chi connectivity index (χ4n) is 3.66. The molecule has 2 heterocycles. The number of hydrogen-bond acceptors (Lipinski definition) is 4. The molecule has 8 heteroatoms. The summed E-state index contributed by atoms with van der Waals surface area (Å²) in [7, 11) is 0. The van der Waals surface area contributed by atoms with Gasteiger partial charge in [0.25, 0.3) is 0 Å². The van der Waals surface area contributed by atoms with Crippen LogP contribution in [0.3, 0.4) is 0 Å². The number of carbonyl (C=O) groups is 1. The van der Waals surface area contributed by atoms with Gasteiger partial charge in [-0.05, 0) is 36.4 Å². The molecule has 2 atom stereocenters. The highest BCUT2D eigenvalue weighted by molar-refractivity contribution is 6.30. The lowest BCUT2D eigenvalue weighted by Gasteiger charge is -2.36. The molecule has 0 unspecified atom stereocenters. The molecule has 1 amide bonds. The summed E-state index contributed by atoms with van der Waals surface area (Å²) in [6.45, 7) is 0.996. The fraction of sp³-hybridized carbons (Fsp3) is 0.333. The number of ether oxygens (including phenoxy) is 1. The molecule has 1 saturated heterocycles. The quantitative estimate of drug-likeness (QED) is 0.670. The Kier molecular flexibility index (Phi) is 5.60. The van der Waals surface area contributed by atoms with E-state index in [0.717, 1.165) is 11.0 Å². The van der Waals surface area contributed by atoms with Crippen molar-refractivity contribution in [3.63, 3.8) is 0 Å². The third-order valence-electron chi connectivity index (χ3n) is 5.20. The number of fused-ring (bicyclic) bond motifs is 1. The molecule has 0 radical (unpaired) electrons. The van der Waals surface area contributed by atoms with Crippen molar-refractivity contribution in [1.82, 2.24) is 14.5 Å². The van der Waals surface area contributed by atoms with Gasteiger partial charge in [-0.3, -0.25) is 9.36 Å². The molecule has 0 aliphatic carbocycles. The van der Waals surface area contributed by atoms with Crippen LogP contribution in [-0.2, 0) is 11.3 Å². The fourth-order valence-corrected chi connectivity index (χ4v) is 3.78. The molecular formula is C21H22ClN3O4. The second kappa shape index (κ2) is 8.31. The number of carbonyl (C=O) groups excluding carboxylic acids is 1. The van der Waals surface area contributed by atoms with E-state index in [-0.39, 0.29) is 30.7 Å². The van der Waals surface area contributed by atoms with Gasteiger partial charge in [-0.2, -0.15) is 0 Å². The van der Waals surface area contributed by atoms with Crippen LogP contribution < -0.4 is 10.4 Å². The molecule has 2 N–H and O–H groups in total. The van der Waals surface area contributed by atoms with Gasteiger partial charge in [-0.25, -0.2) is 4.79 Å². The van der Waals surface area contributed by atoms with E-state index in [1.54, 1.807) is 33.7 Å². The number of H-pyrrole nitrogens is 1.